The van der Waals surface area contributed by atoms with Crippen LogP contribution in [0, 0.1) is 5.92 Å². The van der Waals surface area contributed by atoms with Crippen LogP contribution in [0.2, 0.25) is 0 Å². The van der Waals surface area contributed by atoms with Gasteiger partial charge in [0.15, 0.2) is 0 Å². The third-order valence-corrected chi connectivity index (χ3v) is 3.21. The number of nitrogens with one attached hydrogen (secondary N) is 2. The minimum Gasteiger partial charge on any atom is -0.347 e. The van der Waals surface area contributed by atoms with Gasteiger partial charge in [-0.3, -0.25) is 0 Å². The minimum atomic E-state index is 0.828. The van der Waals surface area contributed by atoms with Gasteiger partial charge in [-0.05, 0) is 38.4 Å². The Bertz CT molecular complexity index is 283. The summed E-state index contributed by atoms with van der Waals surface area (Å²) in [6.07, 6.45) is 6.23. The summed E-state index contributed by atoms with van der Waals surface area (Å²) in [5.74, 6) is 0.828. The zero-order chi connectivity index (χ0) is 11.2. The molecule has 1 atom stereocenters. The van der Waals surface area contributed by atoms with E-state index in [1.54, 1.807) is 6.33 Å². The maximum absolute atomic E-state index is 4.01. The molecule has 1 saturated heterocycles. The Morgan fingerprint density at radius 2 is 2.56 bits per heavy atom. The summed E-state index contributed by atoms with van der Waals surface area (Å²) in [5, 5.41) is 3.49. The molecule has 0 aromatic carbocycles. The van der Waals surface area contributed by atoms with Gasteiger partial charge in [0, 0.05) is 25.0 Å². The summed E-state index contributed by atoms with van der Waals surface area (Å²) in [4.78, 5) is 9.68. The van der Waals surface area contributed by atoms with Gasteiger partial charge in [0.1, 0.15) is 0 Å². The highest BCUT2D eigenvalue weighted by atomic mass is 15.1. The Morgan fingerprint density at radius 1 is 1.62 bits per heavy atom. The smallest absolute Gasteiger partial charge is 0.0922 e. The Kier molecular flexibility index (Phi) is 4.36. The minimum absolute atomic E-state index is 0.828. The van der Waals surface area contributed by atoms with Crippen LogP contribution in [0.5, 0.6) is 0 Å². The van der Waals surface area contributed by atoms with Crippen molar-refractivity contribution in [2.45, 2.75) is 26.3 Å². The van der Waals surface area contributed by atoms with Crippen molar-refractivity contribution in [1.29, 1.82) is 0 Å². The van der Waals surface area contributed by atoms with Crippen LogP contribution in [0.4, 0.5) is 0 Å². The summed E-state index contributed by atoms with van der Waals surface area (Å²) < 4.78 is 0. The normalized spacial score (nSPS) is 21.7. The molecule has 1 aliphatic rings. The van der Waals surface area contributed by atoms with E-state index in [9.17, 15) is 0 Å². The molecule has 1 fully saturated rings. The molecule has 1 aliphatic heterocycles. The molecular weight excluding hydrogens is 200 g/mol. The highest BCUT2D eigenvalue weighted by molar-refractivity contribution is 4.93. The van der Waals surface area contributed by atoms with E-state index >= 15 is 0 Å². The molecule has 4 nitrogen and oxygen atoms in total. The van der Waals surface area contributed by atoms with Crippen LogP contribution in [0.1, 0.15) is 25.5 Å². The summed E-state index contributed by atoms with van der Waals surface area (Å²) in [6, 6.07) is 0. The number of nitrogens with zero attached hydrogens (tertiary/aromatic N) is 2. The number of H-pyrrole nitrogens is 1. The van der Waals surface area contributed by atoms with Gasteiger partial charge in [-0.15, -0.1) is 0 Å². The molecular formula is C12H22N4. The molecule has 0 saturated carbocycles. The molecule has 90 valence electrons. The molecule has 0 bridgehead atoms. The molecule has 1 aromatic rings. The second-order valence-corrected chi connectivity index (χ2v) is 4.66. The SMILES string of the molecule is CCCN1CCC(CNCc2cnc[nH]2)C1. The standard InChI is InChI=1S/C12H22N4/c1-2-4-16-5-3-11(9-16)6-13-7-12-8-14-10-15-12/h8,10-11,13H,2-7,9H2,1H3,(H,14,15). The summed E-state index contributed by atoms with van der Waals surface area (Å²) >= 11 is 0. The van der Waals surface area contributed by atoms with E-state index in [0.29, 0.717) is 0 Å². The van der Waals surface area contributed by atoms with Gasteiger partial charge in [-0.1, -0.05) is 6.92 Å². The van der Waals surface area contributed by atoms with Gasteiger partial charge in [0.05, 0.1) is 6.33 Å². The van der Waals surface area contributed by atoms with E-state index in [-0.39, 0.29) is 0 Å². The molecule has 2 rings (SSSR count). The summed E-state index contributed by atoms with van der Waals surface area (Å²) in [6.45, 7) is 8.10. The van der Waals surface area contributed by atoms with Crippen molar-refractivity contribution in [2.24, 2.45) is 5.92 Å². The lowest BCUT2D eigenvalue weighted by molar-refractivity contribution is 0.322. The van der Waals surface area contributed by atoms with Gasteiger partial charge in [0.2, 0.25) is 0 Å². The highest BCUT2D eigenvalue weighted by Gasteiger charge is 2.20. The Balaban J connectivity index is 1.60. The molecule has 2 N–H and O–H groups in total. The van der Waals surface area contributed by atoms with E-state index in [0.717, 1.165) is 19.0 Å². The molecule has 4 heteroatoms. The lowest BCUT2D eigenvalue weighted by Gasteiger charge is -2.14. The number of aromatic amines is 1. The van der Waals surface area contributed by atoms with Gasteiger partial charge in [0.25, 0.3) is 0 Å². The van der Waals surface area contributed by atoms with Crippen LogP contribution in [0.3, 0.4) is 0 Å². The van der Waals surface area contributed by atoms with Crippen LogP contribution < -0.4 is 5.32 Å². The third kappa shape index (κ3) is 3.32. The second kappa shape index (κ2) is 6.01. The molecule has 0 amide bonds. The number of rotatable bonds is 6. The maximum Gasteiger partial charge on any atom is 0.0922 e. The zero-order valence-corrected chi connectivity index (χ0v) is 10.1. The van der Waals surface area contributed by atoms with Crippen molar-refractivity contribution in [3.63, 3.8) is 0 Å². The monoisotopic (exact) mass is 222 g/mol. The maximum atomic E-state index is 4.01. The van der Waals surface area contributed by atoms with Crippen molar-refractivity contribution >= 4 is 0 Å². The number of imidazole rings is 1. The molecule has 0 aliphatic carbocycles. The molecule has 2 heterocycles. The third-order valence-electron chi connectivity index (χ3n) is 3.21. The van der Waals surface area contributed by atoms with Crippen molar-refractivity contribution in [3.05, 3.63) is 18.2 Å². The van der Waals surface area contributed by atoms with Crippen LogP contribution in [-0.2, 0) is 6.54 Å². The second-order valence-electron chi connectivity index (χ2n) is 4.66. The fraction of sp³-hybridized carbons (Fsp3) is 0.750. The Hall–Kier alpha value is -0.870. The number of aromatic nitrogens is 2. The van der Waals surface area contributed by atoms with Crippen molar-refractivity contribution in [2.75, 3.05) is 26.2 Å². The fourth-order valence-electron chi connectivity index (χ4n) is 2.39. The molecule has 16 heavy (non-hydrogen) atoms. The zero-order valence-electron chi connectivity index (χ0n) is 10.1. The quantitative estimate of drug-likeness (QED) is 0.761. The van der Waals surface area contributed by atoms with Gasteiger partial charge >= 0.3 is 0 Å². The van der Waals surface area contributed by atoms with E-state index < -0.39 is 0 Å². The summed E-state index contributed by atoms with van der Waals surface area (Å²) in [7, 11) is 0. The summed E-state index contributed by atoms with van der Waals surface area (Å²) in [5.41, 5.74) is 1.17. The van der Waals surface area contributed by atoms with Gasteiger partial charge in [-0.25, -0.2) is 4.98 Å². The van der Waals surface area contributed by atoms with E-state index in [4.69, 9.17) is 0 Å². The van der Waals surface area contributed by atoms with Crippen LogP contribution in [0.15, 0.2) is 12.5 Å². The first kappa shape index (κ1) is 11.6. The highest BCUT2D eigenvalue weighted by Crippen LogP contribution is 2.15. The number of likely N-dealkylation sites (tertiary alicyclic amines) is 1. The van der Waals surface area contributed by atoms with Crippen molar-refractivity contribution in [1.82, 2.24) is 20.2 Å². The molecule has 0 spiro atoms. The van der Waals surface area contributed by atoms with Crippen molar-refractivity contribution in [3.8, 4) is 0 Å². The lowest BCUT2D eigenvalue weighted by Crippen LogP contribution is -2.26. The first-order valence-electron chi connectivity index (χ1n) is 6.28. The lowest BCUT2D eigenvalue weighted by atomic mass is 10.1. The van der Waals surface area contributed by atoms with E-state index in [1.165, 1.54) is 38.2 Å². The topological polar surface area (TPSA) is 44.0 Å². The van der Waals surface area contributed by atoms with Crippen molar-refractivity contribution < 1.29 is 0 Å². The number of hydrogen-bond acceptors (Lipinski definition) is 3. The number of hydrogen-bond donors (Lipinski definition) is 2. The van der Waals surface area contributed by atoms with E-state index in [1.807, 2.05) is 6.20 Å². The van der Waals surface area contributed by atoms with E-state index in [2.05, 4.69) is 27.1 Å². The van der Waals surface area contributed by atoms with Crippen LogP contribution in [0.25, 0.3) is 0 Å². The predicted molar refractivity (Wildman–Crippen MR) is 65.1 cm³/mol. The average Bonchev–Trinajstić information content (AvgIpc) is 2.90. The van der Waals surface area contributed by atoms with Crippen LogP contribution in [-0.4, -0.2) is 41.0 Å². The molecule has 1 unspecified atom stereocenters. The van der Waals surface area contributed by atoms with Gasteiger partial charge < -0.3 is 15.2 Å². The Morgan fingerprint density at radius 3 is 3.31 bits per heavy atom. The largest absolute Gasteiger partial charge is 0.347 e. The Labute approximate surface area is 97.4 Å². The predicted octanol–water partition coefficient (Wildman–Crippen LogP) is 1.23. The fourth-order valence-corrected chi connectivity index (χ4v) is 2.39. The first-order valence-corrected chi connectivity index (χ1v) is 6.28. The molecule has 1 aromatic heterocycles. The first-order chi connectivity index (χ1) is 7.88. The molecule has 0 radical (unpaired) electrons. The van der Waals surface area contributed by atoms with Crippen LogP contribution >= 0.6 is 0 Å². The average molecular weight is 222 g/mol. The van der Waals surface area contributed by atoms with Gasteiger partial charge in [-0.2, -0.15) is 0 Å².